The highest BCUT2D eigenvalue weighted by Gasteiger charge is 2.23. The fourth-order valence-corrected chi connectivity index (χ4v) is 2.95. The van der Waals surface area contributed by atoms with E-state index in [1.807, 2.05) is 36.1 Å². The van der Waals surface area contributed by atoms with Crippen molar-refractivity contribution in [2.24, 2.45) is 0 Å². The van der Waals surface area contributed by atoms with Crippen molar-refractivity contribution in [2.75, 3.05) is 38.7 Å². The molecule has 0 fully saturated rings. The van der Waals surface area contributed by atoms with Crippen LogP contribution in [0.5, 0.6) is 17.2 Å². The molecule has 2 aromatic carbocycles. The van der Waals surface area contributed by atoms with E-state index in [0.717, 1.165) is 5.75 Å². The van der Waals surface area contributed by atoms with Crippen LogP contribution < -0.4 is 24.8 Å². The number of hydrogen-bond acceptors (Lipinski definition) is 6. The highest BCUT2D eigenvalue weighted by molar-refractivity contribution is 6.01. The number of rotatable bonds is 7. The van der Waals surface area contributed by atoms with Gasteiger partial charge in [0.05, 0.1) is 13.7 Å². The molecular formula is C21H25N3O5. The number of hydrogen-bond donors (Lipinski definition) is 2. The van der Waals surface area contributed by atoms with E-state index in [0.29, 0.717) is 36.9 Å². The maximum Gasteiger partial charge on any atom is 0.325 e. The van der Waals surface area contributed by atoms with E-state index >= 15 is 0 Å². The van der Waals surface area contributed by atoms with Gasteiger partial charge in [0, 0.05) is 12.2 Å². The third-order valence-electron chi connectivity index (χ3n) is 4.44. The van der Waals surface area contributed by atoms with E-state index in [9.17, 15) is 9.59 Å². The molecule has 0 aromatic heterocycles. The second-order valence-corrected chi connectivity index (χ2v) is 6.56. The van der Waals surface area contributed by atoms with Gasteiger partial charge in [-0.1, -0.05) is 19.1 Å². The zero-order valence-corrected chi connectivity index (χ0v) is 16.5. The second-order valence-electron chi connectivity index (χ2n) is 6.56. The summed E-state index contributed by atoms with van der Waals surface area (Å²) in [6.07, 6.45) is -0.189. The minimum absolute atomic E-state index is 0.0774. The van der Waals surface area contributed by atoms with Crippen molar-refractivity contribution in [3.8, 4) is 17.2 Å². The predicted molar refractivity (Wildman–Crippen MR) is 109 cm³/mol. The first-order valence-corrected chi connectivity index (χ1v) is 9.43. The van der Waals surface area contributed by atoms with Crippen molar-refractivity contribution in [3.63, 3.8) is 0 Å². The summed E-state index contributed by atoms with van der Waals surface area (Å²) < 4.78 is 16.7. The zero-order chi connectivity index (χ0) is 20.6. The maximum absolute atomic E-state index is 12.2. The van der Waals surface area contributed by atoms with E-state index in [4.69, 9.17) is 14.2 Å². The molecule has 0 aliphatic carbocycles. The molecule has 154 valence electrons. The summed E-state index contributed by atoms with van der Waals surface area (Å²) in [5.74, 6) is 1.71. The molecule has 8 nitrogen and oxygen atoms in total. The Balaban J connectivity index is 1.46. The number of likely N-dealkylation sites (N-methyl/N-ethyl adjacent to an activating group) is 1. The Morgan fingerprint density at radius 3 is 2.55 bits per heavy atom. The Kier molecular flexibility index (Phi) is 6.91. The SMILES string of the molecule is CCN(CC(=O)NC(=O)Nc1ccc(OC)cc1)C[C@@H]1COc2ccccc2O1. The van der Waals surface area contributed by atoms with Crippen LogP contribution in [0.25, 0.3) is 0 Å². The van der Waals surface area contributed by atoms with Crippen LogP contribution in [-0.2, 0) is 4.79 Å². The van der Waals surface area contributed by atoms with Gasteiger partial charge in [-0.2, -0.15) is 0 Å². The molecule has 0 radical (unpaired) electrons. The van der Waals surface area contributed by atoms with Crippen LogP contribution in [0.2, 0.25) is 0 Å². The quantitative estimate of drug-likeness (QED) is 0.744. The van der Waals surface area contributed by atoms with E-state index in [-0.39, 0.29) is 12.6 Å². The monoisotopic (exact) mass is 399 g/mol. The minimum atomic E-state index is -0.581. The predicted octanol–water partition coefficient (Wildman–Crippen LogP) is 2.51. The molecule has 1 aliphatic heterocycles. The Hall–Kier alpha value is -3.26. The average Bonchev–Trinajstić information content (AvgIpc) is 2.73. The van der Waals surface area contributed by atoms with Crippen molar-refractivity contribution in [3.05, 3.63) is 48.5 Å². The summed E-state index contributed by atoms with van der Waals surface area (Å²) in [5, 5.41) is 4.96. The third-order valence-corrected chi connectivity index (χ3v) is 4.44. The Bertz CT molecular complexity index is 840. The number of carbonyl (C=O) groups excluding carboxylic acids is 2. The van der Waals surface area contributed by atoms with Gasteiger partial charge in [0.1, 0.15) is 18.5 Å². The molecule has 2 N–H and O–H groups in total. The molecule has 8 heteroatoms. The Morgan fingerprint density at radius 1 is 1.14 bits per heavy atom. The molecule has 3 rings (SSSR count). The summed E-state index contributed by atoms with van der Waals surface area (Å²) in [6, 6.07) is 13.7. The highest BCUT2D eigenvalue weighted by atomic mass is 16.6. The Labute approximate surface area is 169 Å². The molecule has 0 unspecified atom stereocenters. The van der Waals surface area contributed by atoms with Gasteiger partial charge in [-0.25, -0.2) is 4.79 Å². The maximum atomic E-state index is 12.2. The minimum Gasteiger partial charge on any atom is -0.497 e. The lowest BCUT2D eigenvalue weighted by atomic mass is 10.2. The van der Waals surface area contributed by atoms with E-state index in [2.05, 4.69) is 10.6 Å². The van der Waals surface area contributed by atoms with Crippen molar-refractivity contribution in [1.29, 1.82) is 0 Å². The molecule has 29 heavy (non-hydrogen) atoms. The van der Waals surface area contributed by atoms with Crippen molar-refractivity contribution < 1.29 is 23.8 Å². The number of urea groups is 1. The molecule has 1 atom stereocenters. The fraction of sp³-hybridized carbons (Fsp3) is 0.333. The van der Waals surface area contributed by atoms with Crippen LogP contribution in [-0.4, -0.2) is 56.3 Å². The number of methoxy groups -OCH3 is 1. The molecule has 0 saturated heterocycles. The zero-order valence-electron chi connectivity index (χ0n) is 16.5. The molecule has 2 aromatic rings. The van der Waals surface area contributed by atoms with Crippen LogP contribution in [0.15, 0.2) is 48.5 Å². The van der Waals surface area contributed by atoms with Crippen LogP contribution in [0.4, 0.5) is 10.5 Å². The number of amides is 3. The topological polar surface area (TPSA) is 89.1 Å². The number of nitrogens with one attached hydrogen (secondary N) is 2. The van der Waals surface area contributed by atoms with Crippen molar-refractivity contribution in [2.45, 2.75) is 13.0 Å². The van der Waals surface area contributed by atoms with Crippen molar-refractivity contribution in [1.82, 2.24) is 10.2 Å². The van der Waals surface area contributed by atoms with Gasteiger partial charge in [0.25, 0.3) is 0 Å². The van der Waals surface area contributed by atoms with Gasteiger partial charge in [0.2, 0.25) is 5.91 Å². The molecule has 0 spiro atoms. The summed E-state index contributed by atoms with van der Waals surface area (Å²) in [7, 11) is 1.57. The van der Waals surface area contributed by atoms with Crippen LogP contribution in [0.1, 0.15) is 6.92 Å². The summed E-state index contributed by atoms with van der Waals surface area (Å²) >= 11 is 0. The lowest BCUT2D eigenvalue weighted by Gasteiger charge is -2.30. The third kappa shape index (κ3) is 5.86. The standard InChI is InChI=1S/C21H25N3O5/c1-3-24(12-17-14-28-18-6-4-5-7-19(18)29-17)13-20(25)23-21(26)22-15-8-10-16(27-2)11-9-15/h4-11,17H,3,12-14H2,1-2H3,(H2,22,23,25,26)/t17-/m1/s1. The number of imide groups is 1. The smallest absolute Gasteiger partial charge is 0.325 e. The average molecular weight is 399 g/mol. The molecule has 0 saturated carbocycles. The first kappa shape index (κ1) is 20.5. The first-order chi connectivity index (χ1) is 14.1. The molecular weight excluding hydrogens is 374 g/mol. The summed E-state index contributed by atoms with van der Waals surface area (Å²) in [4.78, 5) is 26.2. The van der Waals surface area contributed by atoms with Crippen LogP contribution >= 0.6 is 0 Å². The van der Waals surface area contributed by atoms with Crippen LogP contribution in [0, 0.1) is 0 Å². The second kappa shape index (κ2) is 9.79. The van der Waals surface area contributed by atoms with Gasteiger partial charge in [-0.15, -0.1) is 0 Å². The lowest BCUT2D eigenvalue weighted by Crippen LogP contribution is -2.46. The number of nitrogens with zero attached hydrogens (tertiary/aromatic N) is 1. The van der Waals surface area contributed by atoms with Gasteiger partial charge in [0.15, 0.2) is 11.5 Å². The van der Waals surface area contributed by atoms with Gasteiger partial charge in [-0.05, 0) is 42.9 Å². The largest absolute Gasteiger partial charge is 0.497 e. The van der Waals surface area contributed by atoms with E-state index in [1.165, 1.54) is 0 Å². The summed E-state index contributed by atoms with van der Waals surface area (Å²) in [6.45, 7) is 3.58. The molecule has 1 aliphatic rings. The fourth-order valence-electron chi connectivity index (χ4n) is 2.95. The molecule has 0 bridgehead atoms. The first-order valence-electron chi connectivity index (χ1n) is 9.43. The van der Waals surface area contributed by atoms with Crippen LogP contribution in [0.3, 0.4) is 0 Å². The van der Waals surface area contributed by atoms with E-state index < -0.39 is 11.9 Å². The Morgan fingerprint density at radius 2 is 1.86 bits per heavy atom. The van der Waals surface area contributed by atoms with Gasteiger partial charge >= 0.3 is 6.03 Å². The number of anilines is 1. The van der Waals surface area contributed by atoms with E-state index in [1.54, 1.807) is 31.4 Å². The van der Waals surface area contributed by atoms with Gasteiger partial charge < -0.3 is 19.5 Å². The summed E-state index contributed by atoms with van der Waals surface area (Å²) in [5.41, 5.74) is 0.565. The molecule has 1 heterocycles. The molecule has 3 amide bonds. The highest BCUT2D eigenvalue weighted by Crippen LogP contribution is 2.30. The lowest BCUT2D eigenvalue weighted by molar-refractivity contribution is -0.121. The number of para-hydroxylation sites is 2. The number of fused-ring (bicyclic) bond motifs is 1. The number of ether oxygens (including phenoxy) is 3. The number of carbonyl (C=O) groups is 2. The normalized spacial score (nSPS) is 14.9. The van der Waals surface area contributed by atoms with Gasteiger partial charge in [-0.3, -0.25) is 15.0 Å². The number of benzene rings is 2. The van der Waals surface area contributed by atoms with Crippen molar-refractivity contribution >= 4 is 17.6 Å².